The summed E-state index contributed by atoms with van der Waals surface area (Å²) in [6, 6.07) is 8.02. The molecule has 0 bridgehead atoms. The molecule has 122 valence electrons. The van der Waals surface area contributed by atoms with Gasteiger partial charge < -0.3 is 11.1 Å². The monoisotopic (exact) mass is 379 g/mol. The van der Waals surface area contributed by atoms with Crippen LogP contribution in [-0.4, -0.2) is 16.7 Å². The minimum absolute atomic E-state index is 0.150. The van der Waals surface area contributed by atoms with Crippen molar-refractivity contribution in [3.8, 4) is 0 Å². The second-order valence-electron chi connectivity index (χ2n) is 5.06. The zero-order valence-corrected chi connectivity index (χ0v) is 14.7. The normalized spacial score (nSPS) is 10.8. The van der Waals surface area contributed by atoms with E-state index in [4.69, 9.17) is 28.9 Å². The quantitative estimate of drug-likeness (QED) is 0.649. The van der Waals surface area contributed by atoms with Crippen molar-refractivity contribution in [2.45, 2.75) is 6.92 Å². The molecule has 24 heavy (non-hydrogen) atoms. The van der Waals surface area contributed by atoms with Gasteiger partial charge in [0.2, 0.25) is 0 Å². The minimum atomic E-state index is -0.391. The fourth-order valence-electron chi connectivity index (χ4n) is 2.18. The van der Waals surface area contributed by atoms with Gasteiger partial charge in [-0.1, -0.05) is 23.2 Å². The lowest BCUT2D eigenvalue weighted by Crippen LogP contribution is -2.11. The van der Waals surface area contributed by atoms with Crippen LogP contribution in [0, 0.1) is 0 Å². The molecule has 0 spiro atoms. The van der Waals surface area contributed by atoms with Crippen molar-refractivity contribution in [3.05, 3.63) is 50.9 Å². The molecule has 1 amide bonds. The van der Waals surface area contributed by atoms with Gasteiger partial charge in [-0.05, 0) is 30.3 Å². The fourth-order valence-corrected chi connectivity index (χ4v) is 3.69. The third kappa shape index (κ3) is 3.21. The number of nitrogen functional groups attached to an aromatic ring is 1. The molecule has 1 aromatic carbocycles. The highest BCUT2D eigenvalue weighted by Crippen LogP contribution is 2.33. The predicted molar refractivity (Wildman–Crippen MR) is 98.5 cm³/mol. The first kappa shape index (κ1) is 16.7. The average Bonchev–Trinajstić information content (AvgIpc) is 2.83. The lowest BCUT2D eigenvalue weighted by Gasteiger charge is -2.05. The number of nitrogens with two attached hydrogens (primary N) is 1. The molecule has 3 aromatic rings. The summed E-state index contributed by atoms with van der Waals surface area (Å²) in [5.41, 5.74) is 7.17. The number of hydrogen-bond acceptors (Lipinski definition) is 5. The van der Waals surface area contributed by atoms with Crippen molar-refractivity contribution in [1.82, 2.24) is 4.98 Å². The first-order valence-corrected chi connectivity index (χ1v) is 8.40. The van der Waals surface area contributed by atoms with Crippen molar-refractivity contribution in [2.75, 3.05) is 11.1 Å². The average molecular weight is 380 g/mol. The van der Waals surface area contributed by atoms with Gasteiger partial charge in [0.25, 0.3) is 5.91 Å². The Morgan fingerprint density at radius 3 is 2.46 bits per heavy atom. The number of rotatable bonds is 3. The predicted octanol–water partition coefficient (Wildman–Crippen LogP) is 4.64. The van der Waals surface area contributed by atoms with Gasteiger partial charge in [-0.2, -0.15) is 0 Å². The Hall–Kier alpha value is -2.15. The van der Waals surface area contributed by atoms with Gasteiger partial charge in [0.15, 0.2) is 5.78 Å². The van der Waals surface area contributed by atoms with Gasteiger partial charge in [0, 0.05) is 28.0 Å². The van der Waals surface area contributed by atoms with Crippen LogP contribution in [0.2, 0.25) is 10.0 Å². The van der Waals surface area contributed by atoms with Gasteiger partial charge in [-0.3, -0.25) is 9.59 Å². The van der Waals surface area contributed by atoms with E-state index in [2.05, 4.69) is 10.3 Å². The summed E-state index contributed by atoms with van der Waals surface area (Å²) >= 11 is 13.0. The van der Waals surface area contributed by atoms with Crippen LogP contribution < -0.4 is 11.1 Å². The molecular weight excluding hydrogens is 369 g/mol. The van der Waals surface area contributed by atoms with Gasteiger partial charge in [-0.15, -0.1) is 11.3 Å². The van der Waals surface area contributed by atoms with E-state index in [1.807, 2.05) is 0 Å². The summed E-state index contributed by atoms with van der Waals surface area (Å²) in [6.45, 7) is 1.43. The second-order valence-corrected chi connectivity index (χ2v) is 6.93. The maximum atomic E-state index is 12.5. The van der Waals surface area contributed by atoms with E-state index in [1.165, 1.54) is 6.92 Å². The molecule has 0 radical (unpaired) electrons. The Bertz CT molecular complexity index is 965. The van der Waals surface area contributed by atoms with E-state index in [0.717, 1.165) is 11.3 Å². The summed E-state index contributed by atoms with van der Waals surface area (Å²) in [6.07, 6.45) is 0. The van der Waals surface area contributed by atoms with Gasteiger partial charge in [0.1, 0.15) is 15.4 Å². The van der Waals surface area contributed by atoms with Gasteiger partial charge in [-0.25, -0.2) is 4.98 Å². The zero-order valence-electron chi connectivity index (χ0n) is 12.4. The minimum Gasteiger partial charge on any atom is -0.397 e. The molecule has 0 aliphatic carbocycles. The Morgan fingerprint density at radius 1 is 1.17 bits per heavy atom. The Labute approximate surface area is 151 Å². The van der Waals surface area contributed by atoms with Crippen molar-refractivity contribution in [1.29, 1.82) is 0 Å². The number of thiophene rings is 1. The molecule has 2 heterocycles. The van der Waals surface area contributed by atoms with Crippen LogP contribution in [0.25, 0.3) is 10.2 Å². The van der Waals surface area contributed by atoms with E-state index < -0.39 is 5.91 Å². The standard InChI is InChI=1S/C16H11Cl2N3O2S/c1-7(22)12-3-2-11-13(19)14(24-16(11)21-12)15(23)20-10-5-8(17)4-9(18)6-10/h2-6H,19H2,1H3,(H,20,23). The number of pyridine rings is 1. The van der Waals surface area contributed by atoms with Crippen LogP contribution in [0.4, 0.5) is 11.4 Å². The van der Waals surface area contributed by atoms with Crippen LogP contribution in [0.15, 0.2) is 30.3 Å². The molecule has 0 atom stereocenters. The number of carbonyl (C=O) groups is 2. The van der Waals surface area contributed by atoms with E-state index in [1.54, 1.807) is 30.3 Å². The number of halogens is 2. The molecule has 0 aliphatic heterocycles. The maximum Gasteiger partial charge on any atom is 0.267 e. The van der Waals surface area contributed by atoms with Crippen LogP contribution in [-0.2, 0) is 0 Å². The van der Waals surface area contributed by atoms with E-state index in [0.29, 0.717) is 42.2 Å². The highest BCUT2D eigenvalue weighted by atomic mass is 35.5. The Morgan fingerprint density at radius 2 is 1.83 bits per heavy atom. The molecule has 8 heteroatoms. The largest absolute Gasteiger partial charge is 0.397 e. The van der Waals surface area contributed by atoms with Crippen LogP contribution >= 0.6 is 34.5 Å². The number of fused-ring (bicyclic) bond motifs is 1. The molecule has 3 rings (SSSR count). The lowest BCUT2D eigenvalue weighted by atomic mass is 10.2. The number of aromatic nitrogens is 1. The number of amides is 1. The molecule has 0 saturated carbocycles. The van der Waals surface area contributed by atoms with Crippen molar-refractivity contribution < 1.29 is 9.59 Å². The van der Waals surface area contributed by atoms with E-state index >= 15 is 0 Å². The summed E-state index contributed by atoms with van der Waals surface area (Å²) in [5.74, 6) is -0.540. The molecular formula is C16H11Cl2N3O2S. The summed E-state index contributed by atoms with van der Waals surface area (Å²) in [7, 11) is 0. The molecule has 3 N–H and O–H groups in total. The SMILES string of the molecule is CC(=O)c1ccc2c(N)c(C(=O)Nc3cc(Cl)cc(Cl)c3)sc2n1. The zero-order chi connectivity index (χ0) is 17.4. The summed E-state index contributed by atoms with van der Waals surface area (Å²) in [5, 5.41) is 4.17. The Balaban J connectivity index is 1.97. The van der Waals surface area contributed by atoms with Gasteiger partial charge in [0.05, 0.1) is 5.69 Å². The lowest BCUT2D eigenvalue weighted by molar-refractivity contribution is 0.101. The molecule has 0 saturated heterocycles. The first-order chi connectivity index (χ1) is 11.3. The highest BCUT2D eigenvalue weighted by molar-refractivity contribution is 7.21. The highest BCUT2D eigenvalue weighted by Gasteiger charge is 2.18. The smallest absolute Gasteiger partial charge is 0.267 e. The number of Topliss-reactive ketones (excluding diaryl/α,β-unsaturated/α-hetero) is 1. The van der Waals surface area contributed by atoms with Crippen LogP contribution in [0.3, 0.4) is 0 Å². The molecule has 0 aliphatic rings. The van der Waals surface area contributed by atoms with E-state index in [-0.39, 0.29) is 5.78 Å². The van der Waals surface area contributed by atoms with Crippen LogP contribution in [0.1, 0.15) is 27.1 Å². The third-order valence-corrected chi connectivity index (χ3v) is 4.83. The molecule has 2 aromatic heterocycles. The van der Waals surface area contributed by atoms with E-state index in [9.17, 15) is 9.59 Å². The Kier molecular flexibility index (Phi) is 4.45. The summed E-state index contributed by atoms with van der Waals surface area (Å²) < 4.78 is 0. The van der Waals surface area contributed by atoms with Crippen molar-refractivity contribution in [3.63, 3.8) is 0 Å². The van der Waals surface area contributed by atoms with Crippen LogP contribution in [0.5, 0.6) is 0 Å². The fraction of sp³-hybridized carbons (Fsp3) is 0.0625. The number of ketones is 1. The molecule has 5 nitrogen and oxygen atoms in total. The topological polar surface area (TPSA) is 85.1 Å². The molecule has 0 unspecified atom stereocenters. The van der Waals surface area contributed by atoms with Crippen molar-refractivity contribution in [2.24, 2.45) is 0 Å². The number of hydrogen-bond donors (Lipinski definition) is 2. The second kappa shape index (κ2) is 6.39. The maximum absolute atomic E-state index is 12.5. The number of anilines is 2. The number of carbonyl (C=O) groups excluding carboxylic acids is 2. The number of nitrogens with one attached hydrogen (secondary N) is 1. The van der Waals surface area contributed by atoms with Crippen molar-refractivity contribution >= 4 is 67.8 Å². The third-order valence-electron chi connectivity index (χ3n) is 3.28. The molecule has 0 fully saturated rings. The first-order valence-electron chi connectivity index (χ1n) is 6.82. The van der Waals surface area contributed by atoms with Gasteiger partial charge >= 0.3 is 0 Å². The number of benzene rings is 1. The number of nitrogens with zero attached hydrogens (tertiary/aromatic N) is 1. The summed E-state index contributed by atoms with van der Waals surface area (Å²) in [4.78, 5) is 29.0.